The van der Waals surface area contributed by atoms with E-state index in [-0.39, 0.29) is 12.1 Å². The quantitative estimate of drug-likeness (QED) is 0.886. The van der Waals surface area contributed by atoms with Crippen molar-refractivity contribution >= 4 is 5.97 Å². The first kappa shape index (κ1) is 14.0. The Hall–Kier alpha value is -1.42. The summed E-state index contributed by atoms with van der Waals surface area (Å²) >= 11 is 0. The molecule has 1 fully saturated rings. The number of carboxylic acids is 1. The summed E-state index contributed by atoms with van der Waals surface area (Å²) in [5.41, 5.74) is 2.21. The highest BCUT2D eigenvalue weighted by atomic mass is 16.4. The molecule has 1 aromatic rings. The van der Waals surface area contributed by atoms with E-state index in [0.29, 0.717) is 0 Å². The van der Waals surface area contributed by atoms with Crippen LogP contribution < -0.4 is 0 Å². The molecule has 1 aliphatic heterocycles. The van der Waals surface area contributed by atoms with Gasteiger partial charge >= 0.3 is 5.97 Å². The Labute approximate surface area is 114 Å². The first-order valence-corrected chi connectivity index (χ1v) is 7.10. The van der Waals surface area contributed by atoms with Crippen LogP contribution in [-0.4, -0.2) is 33.5 Å². The van der Waals surface area contributed by atoms with Gasteiger partial charge in [0.1, 0.15) is 6.04 Å². The molecule has 4 heteroatoms. The van der Waals surface area contributed by atoms with Gasteiger partial charge in [-0.15, -0.1) is 0 Å². The first-order valence-electron chi connectivity index (χ1n) is 7.10. The van der Waals surface area contributed by atoms with Crippen LogP contribution in [0.15, 0.2) is 18.3 Å². The Morgan fingerprint density at radius 2 is 2.32 bits per heavy atom. The molecule has 0 spiro atoms. The molecule has 0 aliphatic carbocycles. The molecular formula is C15H22N2O2. The lowest BCUT2D eigenvalue weighted by Crippen LogP contribution is -2.38. The number of aryl methyl sites for hydroxylation is 1. The Kier molecular flexibility index (Phi) is 4.53. The molecule has 1 aliphatic rings. The summed E-state index contributed by atoms with van der Waals surface area (Å²) in [6.45, 7) is 5.05. The highest BCUT2D eigenvalue weighted by Crippen LogP contribution is 2.31. The van der Waals surface area contributed by atoms with Gasteiger partial charge in [-0.05, 0) is 43.9 Å². The largest absolute Gasteiger partial charge is 0.480 e. The fraction of sp³-hybridized carbons (Fsp3) is 0.600. The van der Waals surface area contributed by atoms with Crippen LogP contribution in [0.1, 0.15) is 50.4 Å². The molecule has 2 unspecified atom stereocenters. The van der Waals surface area contributed by atoms with Gasteiger partial charge in [0.05, 0.1) is 11.7 Å². The van der Waals surface area contributed by atoms with Crippen LogP contribution in [0.2, 0.25) is 0 Å². The number of aliphatic carboxylic acids is 1. The van der Waals surface area contributed by atoms with Crippen LogP contribution in [0.25, 0.3) is 0 Å². The molecule has 0 saturated carbocycles. The predicted molar refractivity (Wildman–Crippen MR) is 74.0 cm³/mol. The molecule has 0 amide bonds. The second-order valence-electron chi connectivity index (χ2n) is 5.10. The molecule has 2 atom stereocenters. The zero-order valence-electron chi connectivity index (χ0n) is 11.7. The summed E-state index contributed by atoms with van der Waals surface area (Å²) in [6.07, 6.45) is 5.48. The van der Waals surface area contributed by atoms with Gasteiger partial charge in [-0.3, -0.25) is 14.7 Å². The van der Waals surface area contributed by atoms with Gasteiger partial charge in [-0.25, -0.2) is 0 Å². The van der Waals surface area contributed by atoms with Crippen molar-refractivity contribution in [1.29, 1.82) is 0 Å². The maximum Gasteiger partial charge on any atom is 0.320 e. The molecule has 0 bridgehead atoms. The van der Waals surface area contributed by atoms with Crippen LogP contribution in [0.4, 0.5) is 0 Å². The first-order chi connectivity index (χ1) is 9.17. The average molecular weight is 262 g/mol. The monoisotopic (exact) mass is 262 g/mol. The number of nitrogens with zero attached hydrogens (tertiary/aromatic N) is 2. The van der Waals surface area contributed by atoms with Crippen LogP contribution in [-0.2, 0) is 11.2 Å². The molecular weight excluding hydrogens is 240 g/mol. The van der Waals surface area contributed by atoms with Crippen molar-refractivity contribution in [2.75, 3.05) is 6.54 Å². The fourth-order valence-electron chi connectivity index (χ4n) is 2.88. The van der Waals surface area contributed by atoms with E-state index in [1.165, 1.54) is 5.56 Å². The van der Waals surface area contributed by atoms with Crippen molar-refractivity contribution in [1.82, 2.24) is 9.88 Å². The zero-order valence-corrected chi connectivity index (χ0v) is 11.7. The minimum absolute atomic E-state index is 0.120. The van der Waals surface area contributed by atoms with E-state index in [0.717, 1.165) is 37.9 Å². The van der Waals surface area contributed by atoms with Crippen LogP contribution in [0.5, 0.6) is 0 Å². The maximum absolute atomic E-state index is 11.3. The molecule has 0 aromatic carbocycles. The lowest BCUT2D eigenvalue weighted by atomic mass is 10.1. The lowest BCUT2D eigenvalue weighted by Gasteiger charge is -2.30. The van der Waals surface area contributed by atoms with Gasteiger partial charge in [0, 0.05) is 6.20 Å². The van der Waals surface area contributed by atoms with Crippen molar-refractivity contribution in [2.24, 2.45) is 0 Å². The summed E-state index contributed by atoms with van der Waals surface area (Å²) < 4.78 is 0. The minimum Gasteiger partial charge on any atom is -0.480 e. The third-order valence-electron chi connectivity index (χ3n) is 3.96. The number of pyridine rings is 1. The molecule has 4 nitrogen and oxygen atoms in total. The van der Waals surface area contributed by atoms with Crippen LogP contribution >= 0.6 is 0 Å². The van der Waals surface area contributed by atoms with Crippen LogP contribution in [0, 0.1) is 0 Å². The smallest absolute Gasteiger partial charge is 0.320 e. The number of likely N-dealkylation sites (tertiary alicyclic amines) is 1. The predicted octanol–water partition coefficient (Wildman–Crippen LogP) is 2.64. The van der Waals surface area contributed by atoms with E-state index in [1.807, 2.05) is 12.3 Å². The lowest BCUT2D eigenvalue weighted by molar-refractivity contribution is -0.143. The Bertz CT molecular complexity index is 430. The highest BCUT2D eigenvalue weighted by Gasteiger charge is 2.35. The summed E-state index contributed by atoms with van der Waals surface area (Å²) in [7, 11) is 0. The minimum atomic E-state index is -0.707. The number of hydrogen-bond donors (Lipinski definition) is 1. The van der Waals surface area contributed by atoms with Gasteiger partial charge < -0.3 is 5.11 Å². The molecule has 1 aromatic heterocycles. The highest BCUT2D eigenvalue weighted by molar-refractivity contribution is 5.73. The third kappa shape index (κ3) is 2.95. The maximum atomic E-state index is 11.3. The summed E-state index contributed by atoms with van der Waals surface area (Å²) in [6, 6.07) is 3.91. The van der Waals surface area contributed by atoms with E-state index in [4.69, 9.17) is 0 Å². The van der Waals surface area contributed by atoms with Crippen LogP contribution in [0.3, 0.4) is 0 Å². The zero-order chi connectivity index (χ0) is 13.8. The molecule has 2 rings (SSSR count). The Balaban J connectivity index is 2.20. The van der Waals surface area contributed by atoms with Gasteiger partial charge in [0.15, 0.2) is 0 Å². The number of carbonyl (C=O) groups is 1. The molecule has 2 heterocycles. The van der Waals surface area contributed by atoms with Crippen molar-refractivity contribution in [3.05, 3.63) is 29.6 Å². The number of rotatable bonds is 5. The SMILES string of the molecule is CCc1ccc(C(CC)N2CCCC2C(=O)O)nc1. The fourth-order valence-corrected chi connectivity index (χ4v) is 2.88. The van der Waals surface area contributed by atoms with Gasteiger partial charge in [0.25, 0.3) is 0 Å². The number of aromatic nitrogens is 1. The topological polar surface area (TPSA) is 53.4 Å². The standard InChI is InChI=1S/C15H22N2O2/c1-3-11-7-8-12(16-10-11)13(4-2)17-9-5-6-14(17)15(18)19/h7-8,10,13-14H,3-6,9H2,1-2H3,(H,18,19). The summed E-state index contributed by atoms with van der Waals surface area (Å²) in [4.78, 5) is 17.9. The Morgan fingerprint density at radius 1 is 1.53 bits per heavy atom. The van der Waals surface area contributed by atoms with Crippen molar-refractivity contribution in [2.45, 2.75) is 51.6 Å². The Morgan fingerprint density at radius 3 is 2.84 bits per heavy atom. The average Bonchev–Trinajstić information content (AvgIpc) is 2.90. The third-order valence-corrected chi connectivity index (χ3v) is 3.96. The molecule has 19 heavy (non-hydrogen) atoms. The number of carboxylic acid groups (broad SMARTS) is 1. The van der Waals surface area contributed by atoms with Gasteiger partial charge in [0.2, 0.25) is 0 Å². The van der Waals surface area contributed by atoms with E-state index < -0.39 is 5.97 Å². The van der Waals surface area contributed by atoms with Crippen molar-refractivity contribution in [3.8, 4) is 0 Å². The van der Waals surface area contributed by atoms with E-state index in [1.54, 1.807) is 0 Å². The second-order valence-corrected chi connectivity index (χ2v) is 5.10. The van der Waals surface area contributed by atoms with Crippen molar-refractivity contribution in [3.63, 3.8) is 0 Å². The second kappa shape index (κ2) is 6.15. The summed E-state index contributed by atoms with van der Waals surface area (Å²) in [5, 5.41) is 9.30. The molecule has 1 saturated heterocycles. The summed E-state index contributed by atoms with van der Waals surface area (Å²) in [5.74, 6) is -0.707. The van der Waals surface area contributed by atoms with Gasteiger partial charge in [-0.2, -0.15) is 0 Å². The van der Waals surface area contributed by atoms with E-state index in [2.05, 4.69) is 29.8 Å². The molecule has 104 valence electrons. The van der Waals surface area contributed by atoms with E-state index in [9.17, 15) is 9.90 Å². The van der Waals surface area contributed by atoms with Crippen molar-refractivity contribution < 1.29 is 9.90 Å². The molecule has 0 radical (unpaired) electrons. The normalized spacial score (nSPS) is 21.5. The van der Waals surface area contributed by atoms with Gasteiger partial charge in [-0.1, -0.05) is 19.9 Å². The van der Waals surface area contributed by atoms with E-state index >= 15 is 0 Å². The number of hydrogen-bond acceptors (Lipinski definition) is 3. The molecule has 1 N–H and O–H groups in total.